The number of hydrogen-bond acceptors (Lipinski definition) is 4. The number of aryl methyl sites for hydroxylation is 1. The summed E-state index contributed by atoms with van der Waals surface area (Å²) in [6, 6.07) is 7.35. The van der Waals surface area contributed by atoms with Crippen LogP contribution in [0.5, 0.6) is 5.75 Å². The smallest absolute Gasteiger partial charge is 0.335 e. The van der Waals surface area contributed by atoms with E-state index >= 15 is 0 Å². The molecule has 0 bridgehead atoms. The summed E-state index contributed by atoms with van der Waals surface area (Å²) in [7, 11) is -2.53. The Morgan fingerprint density at radius 1 is 1.24 bits per heavy atom. The summed E-state index contributed by atoms with van der Waals surface area (Å²) in [5.74, 6) is -0.711. The van der Waals surface area contributed by atoms with Gasteiger partial charge >= 0.3 is 5.97 Å². The van der Waals surface area contributed by atoms with Gasteiger partial charge in [-0.1, -0.05) is 11.6 Å². The van der Waals surface area contributed by atoms with Crippen LogP contribution < -0.4 is 9.46 Å². The SMILES string of the molecule is COc1ccc(Cl)c(NS(=O)(=O)c2cc(C(=O)O)cc3c2CCC3)c1. The predicted octanol–water partition coefficient (Wildman–Crippen LogP) is 3.34. The largest absolute Gasteiger partial charge is 0.497 e. The molecule has 0 amide bonds. The number of carbonyl (C=O) groups is 1. The Morgan fingerprint density at radius 2 is 2.00 bits per heavy atom. The number of methoxy groups -OCH3 is 1. The fraction of sp³-hybridized carbons (Fsp3) is 0.235. The standard InChI is InChI=1S/C17H16ClNO5S/c1-24-12-5-6-14(18)15(9-12)19-25(22,23)16-8-11(17(20)21)7-10-3-2-4-13(10)16/h5-9,19H,2-4H2,1H3,(H,20,21). The van der Waals surface area contributed by atoms with Gasteiger partial charge in [-0.25, -0.2) is 13.2 Å². The van der Waals surface area contributed by atoms with Gasteiger partial charge in [0.2, 0.25) is 0 Å². The number of carboxylic acid groups (broad SMARTS) is 1. The number of rotatable bonds is 5. The van der Waals surface area contributed by atoms with Crippen LogP contribution in [0.15, 0.2) is 35.2 Å². The number of nitrogens with one attached hydrogen (secondary N) is 1. The van der Waals surface area contributed by atoms with Crippen LogP contribution in [0, 0.1) is 0 Å². The number of fused-ring (bicyclic) bond motifs is 1. The third-order valence-corrected chi connectivity index (χ3v) is 5.89. The monoisotopic (exact) mass is 381 g/mol. The second-order valence-corrected chi connectivity index (χ2v) is 7.78. The van der Waals surface area contributed by atoms with Crippen molar-refractivity contribution in [1.82, 2.24) is 0 Å². The Labute approximate surface area is 150 Å². The maximum absolute atomic E-state index is 12.9. The van der Waals surface area contributed by atoms with Crippen molar-refractivity contribution in [3.63, 3.8) is 0 Å². The summed E-state index contributed by atoms with van der Waals surface area (Å²) < 4.78 is 33.3. The van der Waals surface area contributed by atoms with E-state index in [2.05, 4.69) is 4.72 Å². The maximum atomic E-state index is 12.9. The molecular formula is C17H16ClNO5S. The molecule has 2 aromatic carbocycles. The number of anilines is 1. The molecule has 0 spiro atoms. The van der Waals surface area contributed by atoms with E-state index in [0.29, 0.717) is 24.2 Å². The van der Waals surface area contributed by atoms with Gasteiger partial charge in [-0.15, -0.1) is 0 Å². The summed E-state index contributed by atoms with van der Waals surface area (Å²) in [5, 5.41) is 9.47. The van der Waals surface area contributed by atoms with Gasteiger partial charge in [0.05, 0.1) is 28.3 Å². The second-order valence-electron chi connectivity index (χ2n) is 5.72. The van der Waals surface area contributed by atoms with Crippen molar-refractivity contribution in [1.29, 1.82) is 0 Å². The van der Waals surface area contributed by atoms with E-state index in [1.54, 1.807) is 12.1 Å². The third kappa shape index (κ3) is 3.43. The minimum atomic E-state index is -4.00. The summed E-state index contributed by atoms with van der Waals surface area (Å²) in [5.41, 5.74) is 1.56. The summed E-state index contributed by atoms with van der Waals surface area (Å²) in [4.78, 5) is 11.3. The summed E-state index contributed by atoms with van der Waals surface area (Å²) in [6.07, 6.45) is 2.05. The molecular weight excluding hydrogens is 366 g/mol. The van der Waals surface area contributed by atoms with Crippen LogP contribution in [-0.4, -0.2) is 26.6 Å². The van der Waals surface area contributed by atoms with E-state index in [4.69, 9.17) is 16.3 Å². The van der Waals surface area contributed by atoms with Gasteiger partial charge in [0, 0.05) is 6.07 Å². The van der Waals surface area contributed by atoms with Crippen LogP contribution in [0.3, 0.4) is 0 Å². The lowest BCUT2D eigenvalue weighted by Gasteiger charge is -2.14. The molecule has 2 aromatic rings. The first-order chi connectivity index (χ1) is 11.8. The van der Waals surface area contributed by atoms with Gasteiger partial charge in [0.1, 0.15) is 5.75 Å². The molecule has 0 aliphatic heterocycles. The van der Waals surface area contributed by atoms with Crippen LogP contribution in [0.25, 0.3) is 0 Å². The Bertz CT molecular complexity index is 956. The van der Waals surface area contributed by atoms with Gasteiger partial charge in [0.15, 0.2) is 0 Å². The molecule has 0 radical (unpaired) electrons. The van der Waals surface area contributed by atoms with Crippen LogP contribution in [0.2, 0.25) is 5.02 Å². The fourth-order valence-corrected chi connectivity index (χ4v) is 4.57. The van der Waals surface area contributed by atoms with Crippen molar-refractivity contribution < 1.29 is 23.1 Å². The Morgan fingerprint density at radius 3 is 2.68 bits per heavy atom. The Kier molecular flexibility index (Phi) is 4.62. The topological polar surface area (TPSA) is 92.7 Å². The molecule has 132 valence electrons. The fourth-order valence-electron chi connectivity index (χ4n) is 2.94. The first kappa shape index (κ1) is 17.6. The number of halogens is 1. The highest BCUT2D eigenvalue weighted by atomic mass is 35.5. The zero-order valence-corrected chi connectivity index (χ0v) is 14.9. The first-order valence-electron chi connectivity index (χ1n) is 7.57. The minimum absolute atomic E-state index is 0.0150. The van der Waals surface area contributed by atoms with E-state index in [0.717, 1.165) is 12.0 Å². The number of sulfonamides is 1. The molecule has 2 N–H and O–H groups in total. The molecule has 25 heavy (non-hydrogen) atoms. The molecule has 1 aliphatic carbocycles. The van der Waals surface area contributed by atoms with Crippen LogP contribution in [-0.2, 0) is 22.9 Å². The van der Waals surface area contributed by atoms with Crippen LogP contribution in [0.4, 0.5) is 5.69 Å². The van der Waals surface area contributed by atoms with E-state index in [1.165, 1.54) is 25.3 Å². The molecule has 0 heterocycles. The zero-order chi connectivity index (χ0) is 18.2. The number of carboxylic acids is 1. The maximum Gasteiger partial charge on any atom is 0.335 e. The molecule has 3 rings (SSSR count). The van der Waals surface area contributed by atoms with Gasteiger partial charge in [-0.2, -0.15) is 0 Å². The van der Waals surface area contributed by atoms with Gasteiger partial charge in [-0.3, -0.25) is 4.72 Å². The molecule has 0 saturated heterocycles. The number of ether oxygens (including phenoxy) is 1. The lowest BCUT2D eigenvalue weighted by Crippen LogP contribution is -2.16. The summed E-state index contributed by atoms with van der Waals surface area (Å²) >= 11 is 6.07. The van der Waals surface area contributed by atoms with Crippen molar-refractivity contribution in [3.05, 3.63) is 52.0 Å². The Hall–Kier alpha value is -2.25. The molecule has 0 atom stereocenters. The lowest BCUT2D eigenvalue weighted by molar-refractivity contribution is 0.0696. The highest BCUT2D eigenvalue weighted by Gasteiger charge is 2.26. The normalized spacial score (nSPS) is 13.4. The molecule has 0 saturated carbocycles. The van der Waals surface area contributed by atoms with E-state index < -0.39 is 16.0 Å². The minimum Gasteiger partial charge on any atom is -0.497 e. The number of hydrogen-bond donors (Lipinski definition) is 2. The lowest BCUT2D eigenvalue weighted by atomic mass is 10.1. The second kappa shape index (κ2) is 6.57. The number of aromatic carboxylic acids is 1. The van der Waals surface area contributed by atoms with Gasteiger partial charge in [-0.05, 0) is 54.7 Å². The molecule has 6 nitrogen and oxygen atoms in total. The van der Waals surface area contributed by atoms with E-state index in [9.17, 15) is 18.3 Å². The highest BCUT2D eigenvalue weighted by molar-refractivity contribution is 7.92. The van der Waals surface area contributed by atoms with Crippen molar-refractivity contribution in [2.24, 2.45) is 0 Å². The summed E-state index contributed by atoms with van der Waals surface area (Å²) in [6.45, 7) is 0. The van der Waals surface area contributed by atoms with Gasteiger partial charge < -0.3 is 9.84 Å². The van der Waals surface area contributed by atoms with Crippen molar-refractivity contribution in [3.8, 4) is 5.75 Å². The predicted molar refractivity (Wildman–Crippen MR) is 94.2 cm³/mol. The molecule has 0 fully saturated rings. The molecule has 0 aromatic heterocycles. The molecule has 0 unspecified atom stereocenters. The first-order valence-corrected chi connectivity index (χ1v) is 9.43. The quantitative estimate of drug-likeness (QED) is 0.828. The Balaban J connectivity index is 2.08. The number of benzene rings is 2. The highest BCUT2D eigenvalue weighted by Crippen LogP contribution is 2.33. The molecule has 8 heteroatoms. The zero-order valence-electron chi connectivity index (χ0n) is 13.4. The third-order valence-electron chi connectivity index (χ3n) is 4.13. The average Bonchev–Trinajstić information content (AvgIpc) is 3.04. The average molecular weight is 382 g/mol. The van der Waals surface area contributed by atoms with Crippen LogP contribution >= 0.6 is 11.6 Å². The molecule has 1 aliphatic rings. The van der Waals surface area contributed by atoms with E-state index in [1.807, 2.05) is 0 Å². The van der Waals surface area contributed by atoms with Crippen LogP contribution in [0.1, 0.15) is 27.9 Å². The van der Waals surface area contributed by atoms with E-state index in [-0.39, 0.29) is 21.2 Å². The van der Waals surface area contributed by atoms with Gasteiger partial charge in [0.25, 0.3) is 10.0 Å². The van der Waals surface area contributed by atoms with Crippen molar-refractivity contribution in [2.45, 2.75) is 24.2 Å². The van der Waals surface area contributed by atoms with Crippen molar-refractivity contribution >= 4 is 33.3 Å². The van der Waals surface area contributed by atoms with Crippen molar-refractivity contribution in [2.75, 3.05) is 11.8 Å².